The van der Waals surface area contributed by atoms with Crippen molar-refractivity contribution in [2.75, 3.05) is 13.1 Å². The molecule has 1 amide bonds. The van der Waals surface area contributed by atoms with Crippen molar-refractivity contribution in [3.05, 3.63) is 52.0 Å². The molecule has 0 aliphatic carbocycles. The van der Waals surface area contributed by atoms with Crippen LogP contribution in [0.5, 0.6) is 0 Å². The number of carbonyl (C=O) groups is 1. The zero-order valence-corrected chi connectivity index (χ0v) is 13.1. The number of rotatable bonds is 3. The molecule has 110 valence electrons. The second-order valence-corrected chi connectivity index (χ2v) is 6.63. The topological polar surface area (TPSA) is 33.2 Å². The summed E-state index contributed by atoms with van der Waals surface area (Å²) in [5.74, 6) is 0.728. The Morgan fingerprint density at radius 1 is 1.43 bits per heavy atom. The zero-order chi connectivity index (χ0) is 14.7. The summed E-state index contributed by atoms with van der Waals surface area (Å²) in [4.78, 5) is 19.9. The maximum absolute atomic E-state index is 12.6. The van der Waals surface area contributed by atoms with Gasteiger partial charge < -0.3 is 4.90 Å². The molecule has 1 aliphatic heterocycles. The molecular weight excluding hydrogens is 280 g/mol. The first-order valence-corrected chi connectivity index (χ1v) is 8.35. The van der Waals surface area contributed by atoms with Crippen LogP contribution in [0.15, 0.2) is 35.8 Å². The Morgan fingerprint density at radius 2 is 2.33 bits per heavy atom. The van der Waals surface area contributed by atoms with Gasteiger partial charge in [-0.1, -0.05) is 6.07 Å². The molecule has 0 unspecified atom stereocenters. The molecule has 3 heterocycles. The number of piperidine rings is 1. The molecule has 3 rings (SSSR count). The van der Waals surface area contributed by atoms with Crippen LogP contribution in [0.2, 0.25) is 0 Å². The largest absolute Gasteiger partial charge is 0.338 e. The van der Waals surface area contributed by atoms with Crippen molar-refractivity contribution < 1.29 is 4.79 Å². The average Bonchev–Trinajstić information content (AvgIpc) is 2.94. The van der Waals surface area contributed by atoms with Gasteiger partial charge in [0.1, 0.15) is 0 Å². The first-order chi connectivity index (χ1) is 10.2. The number of aryl methyl sites for hydroxylation is 1. The smallest absolute Gasteiger partial charge is 0.264 e. The van der Waals surface area contributed by atoms with E-state index in [1.807, 2.05) is 41.6 Å². The van der Waals surface area contributed by atoms with E-state index in [4.69, 9.17) is 0 Å². The van der Waals surface area contributed by atoms with Crippen LogP contribution in [0, 0.1) is 12.8 Å². The number of pyridine rings is 1. The lowest BCUT2D eigenvalue weighted by Gasteiger charge is -2.32. The van der Waals surface area contributed by atoms with E-state index < -0.39 is 0 Å². The third-order valence-corrected chi connectivity index (χ3v) is 5.09. The molecule has 0 bridgehead atoms. The van der Waals surface area contributed by atoms with E-state index in [1.165, 1.54) is 6.42 Å². The fraction of sp³-hybridized carbons (Fsp3) is 0.412. The van der Waals surface area contributed by atoms with E-state index >= 15 is 0 Å². The predicted octanol–water partition coefficient (Wildman–Crippen LogP) is 3.55. The Labute approximate surface area is 129 Å². The Morgan fingerprint density at radius 3 is 3.05 bits per heavy atom. The Bertz CT molecular complexity index is 608. The quantitative estimate of drug-likeness (QED) is 0.868. The van der Waals surface area contributed by atoms with Gasteiger partial charge in [0.15, 0.2) is 0 Å². The molecule has 2 aromatic rings. The fourth-order valence-corrected chi connectivity index (χ4v) is 3.86. The minimum atomic E-state index is 0.202. The molecule has 21 heavy (non-hydrogen) atoms. The van der Waals surface area contributed by atoms with Gasteiger partial charge in [-0.25, -0.2) is 0 Å². The summed E-state index contributed by atoms with van der Waals surface area (Å²) in [7, 11) is 0. The number of amides is 1. The van der Waals surface area contributed by atoms with Crippen LogP contribution in [0.1, 0.15) is 33.8 Å². The third kappa shape index (κ3) is 3.32. The van der Waals surface area contributed by atoms with Crippen LogP contribution in [-0.4, -0.2) is 28.9 Å². The Hall–Kier alpha value is -1.68. The summed E-state index contributed by atoms with van der Waals surface area (Å²) in [6, 6.07) is 8.07. The summed E-state index contributed by atoms with van der Waals surface area (Å²) >= 11 is 1.55. The maximum Gasteiger partial charge on any atom is 0.264 e. The molecule has 1 atom stereocenters. The standard InChI is InChI=1S/C17H20N2OS/c1-13-7-10-21-16(13)17(20)19-9-4-5-14(12-19)11-15-6-2-3-8-18-15/h2-3,6-8,10,14H,4-5,9,11-12H2,1H3/t14-/m1/s1. The Kier molecular flexibility index (Phi) is 4.34. The van der Waals surface area contributed by atoms with E-state index in [1.54, 1.807) is 11.3 Å². The van der Waals surface area contributed by atoms with Crippen LogP contribution in [0.4, 0.5) is 0 Å². The highest BCUT2D eigenvalue weighted by Gasteiger charge is 2.26. The fourth-order valence-electron chi connectivity index (χ4n) is 2.97. The van der Waals surface area contributed by atoms with Gasteiger partial charge in [-0.3, -0.25) is 9.78 Å². The molecule has 1 fully saturated rings. The van der Waals surface area contributed by atoms with Gasteiger partial charge in [0.25, 0.3) is 5.91 Å². The maximum atomic E-state index is 12.6. The van der Waals surface area contributed by atoms with Gasteiger partial charge in [-0.2, -0.15) is 0 Å². The van der Waals surface area contributed by atoms with Crippen molar-refractivity contribution in [2.24, 2.45) is 5.92 Å². The van der Waals surface area contributed by atoms with Crippen molar-refractivity contribution in [1.29, 1.82) is 0 Å². The van der Waals surface area contributed by atoms with Gasteiger partial charge in [-0.15, -0.1) is 11.3 Å². The van der Waals surface area contributed by atoms with Gasteiger partial charge >= 0.3 is 0 Å². The molecule has 0 radical (unpaired) electrons. The average molecular weight is 300 g/mol. The molecule has 2 aromatic heterocycles. The van der Waals surface area contributed by atoms with E-state index in [2.05, 4.69) is 11.1 Å². The number of aromatic nitrogens is 1. The molecular formula is C17H20N2OS. The number of hydrogen-bond donors (Lipinski definition) is 0. The van der Waals surface area contributed by atoms with Gasteiger partial charge in [0.2, 0.25) is 0 Å². The molecule has 1 saturated heterocycles. The van der Waals surface area contributed by atoms with E-state index in [0.29, 0.717) is 5.92 Å². The van der Waals surface area contributed by atoms with E-state index in [-0.39, 0.29) is 5.91 Å². The number of likely N-dealkylation sites (tertiary alicyclic amines) is 1. The second kappa shape index (κ2) is 6.39. The number of hydrogen-bond acceptors (Lipinski definition) is 3. The lowest BCUT2D eigenvalue weighted by Crippen LogP contribution is -2.40. The molecule has 3 nitrogen and oxygen atoms in total. The van der Waals surface area contributed by atoms with Gasteiger partial charge in [0, 0.05) is 25.0 Å². The third-order valence-electron chi connectivity index (χ3n) is 4.09. The van der Waals surface area contributed by atoms with Crippen LogP contribution in [0.25, 0.3) is 0 Å². The van der Waals surface area contributed by atoms with Crippen molar-refractivity contribution in [3.63, 3.8) is 0 Å². The predicted molar refractivity (Wildman–Crippen MR) is 85.6 cm³/mol. The van der Waals surface area contributed by atoms with Crippen LogP contribution >= 0.6 is 11.3 Å². The van der Waals surface area contributed by atoms with Crippen molar-refractivity contribution in [3.8, 4) is 0 Å². The Balaban J connectivity index is 1.66. The molecule has 0 saturated carbocycles. The number of thiophene rings is 1. The monoisotopic (exact) mass is 300 g/mol. The summed E-state index contributed by atoms with van der Waals surface area (Å²) in [6.07, 6.45) is 5.08. The summed E-state index contributed by atoms with van der Waals surface area (Å²) in [6.45, 7) is 3.75. The van der Waals surface area contributed by atoms with Crippen LogP contribution in [-0.2, 0) is 6.42 Å². The van der Waals surface area contributed by atoms with Gasteiger partial charge in [-0.05, 0) is 61.2 Å². The lowest BCUT2D eigenvalue weighted by atomic mass is 9.93. The van der Waals surface area contributed by atoms with Crippen molar-refractivity contribution in [1.82, 2.24) is 9.88 Å². The normalized spacial score (nSPS) is 18.7. The van der Waals surface area contributed by atoms with Crippen LogP contribution < -0.4 is 0 Å². The van der Waals surface area contributed by atoms with E-state index in [9.17, 15) is 4.79 Å². The number of nitrogens with zero attached hydrogens (tertiary/aromatic N) is 2. The summed E-state index contributed by atoms with van der Waals surface area (Å²) < 4.78 is 0. The molecule has 0 N–H and O–H groups in total. The SMILES string of the molecule is Cc1ccsc1C(=O)N1CCC[C@H](Cc2ccccn2)C1. The zero-order valence-electron chi connectivity index (χ0n) is 12.3. The molecule has 1 aliphatic rings. The van der Waals surface area contributed by atoms with Crippen molar-refractivity contribution >= 4 is 17.2 Å². The highest BCUT2D eigenvalue weighted by atomic mass is 32.1. The molecule has 4 heteroatoms. The minimum absolute atomic E-state index is 0.202. The summed E-state index contributed by atoms with van der Waals surface area (Å²) in [5.41, 5.74) is 2.22. The first kappa shape index (κ1) is 14.3. The highest BCUT2D eigenvalue weighted by molar-refractivity contribution is 7.12. The lowest BCUT2D eigenvalue weighted by molar-refractivity contribution is 0.0677. The second-order valence-electron chi connectivity index (χ2n) is 5.72. The highest BCUT2D eigenvalue weighted by Crippen LogP contribution is 2.24. The molecule has 0 spiro atoms. The number of carbonyl (C=O) groups excluding carboxylic acids is 1. The van der Waals surface area contributed by atoms with Crippen molar-refractivity contribution in [2.45, 2.75) is 26.2 Å². The molecule has 0 aromatic carbocycles. The van der Waals surface area contributed by atoms with Gasteiger partial charge in [0.05, 0.1) is 4.88 Å². The minimum Gasteiger partial charge on any atom is -0.338 e. The summed E-state index contributed by atoms with van der Waals surface area (Å²) in [5, 5.41) is 2.00. The van der Waals surface area contributed by atoms with Crippen LogP contribution in [0.3, 0.4) is 0 Å². The first-order valence-electron chi connectivity index (χ1n) is 7.47. The van der Waals surface area contributed by atoms with E-state index in [0.717, 1.165) is 42.1 Å².